The fraction of sp³-hybridized carbons (Fsp3) is 0.875. The molecule has 4 nitrogen and oxygen atoms in total. The van der Waals surface area contributed by atoms with E-state index in [0.717, 1.165) is 51.4 Å². The molecule has 4 heteroatoms. The molecule has 1 atom stereocenters. The highest BCUT2D eigenvalue weighted by molar-refractivity contribution is 5.69. The summed E-state index contributed by atoms with van der Waals surface area (Å²) in [6, 6.07) is 0. The maximum Gasteiger partial charge on any atom is 0.306 e. The molecule has 0 aromatic carbocycles. The zero-order chi connectivity index (χ0) is 26.5. The van der Waals surface area contributed by atoms with Gasteiger partial charge in [0.1, 0.15) is 6.10 Å². The molecule has 0 aromatic heterocycles. The highest BCUT2D eigenvalue weighted by Gasteiger charge is 2.14. The number of carboxylic acids is 1. The molecule has 0 heterocycles. The van der Waals surface area contributed by atoms with Crippen molar-refractivity contribution in [3.8, 4) is 0 Å². The van der Waals surface area contributed by atoms with Gasteiger partial charge in [-0.3, -0.25) is 9.59 Å². The first-order chi connectivity index (χ1) is 17.6. The number of carbonyl (C=O) groups excluding carboxylic acids is 1. The monoisotopic (exact) mass is 508 g/mol. The van der Waals surface area contributed by atoms with Gasteiger partial charge in [0.05, 0.1) is 0 Å². The maximum atomic E-state index is 12.3. The molecule has 1 unspecified atom stereocenters. The second-order valence-corrected chi connectivity index (χ2v) is 10.6. The molecule has 1 N–H and O–H groups in total. The van der Waals surface area contributed by atoms with Crippen LogP contribution in [0.2, 0.25) is 0 Å². The topological polar surface area (TPSA) is 63.6 Å². The summed E-state index contributed by atoms with van der Waals surface area (Å²) in [5, 5.41) is 8.73. The standard InChI is InChI=1S/C32H60O4/c1-3-5-7-8-9-10-11-12-13-14-15-16-17-18-19-20-21-25-29-32(35)36-30(26-6-4-2)27-23-22-24-28-31(33)34/h13-14,30H,3-12,15-29H2,1-2H3,(H,33,34)/b14-13-. The number of esters is 1. The zero-order valence-electron chi connectivity index (χ0n) is 24.1. The van der Waals surface area contributed by atoms with Gasteiger partial charge in [0.15, 0.2) is 0 Å². The van der Waals surface area contributed by atoms with Crippen molar-refractivity contribution < 1.29 is 19.4 Å². The molecule has 0 radical (unpaired) electrons. The van der Waals surface area contributed by atoms with Gasteiger partial charge in [-0.25, -0.2) is 0 Å². The van der Waals surface area contributed by atoms with E-state index in [4.69, 9.17) is 9.84 Å². The normalized spacial score (nSPS) is 12.3. The fourth-order valence-electron chi connectivity index (χ4n) is 4.63. The van der Waals surface area contributed by atoms with Crippen LogP contribution in [0.3, 0.4) is 0 Å². The van der Waals surface area contributed by atoms with Crippen LogP contribution in [0.1, 0.15) is 174 Å². The Balaban J connectivity index is 3.58. The van der Waals surface area contributed by atoms with Crippen molar-refractivity contribution in [2.45, 2.75) is 180 Å². The summed E-state index contributed by atoms with van der Waals surface area (Å²) in [5.41, 5.74) is 0. The third kappa shape index (κ3) is 27.3. The van der Waals surface area contributed by atoms with Gasteiger partial charge in [0, 0.05) is 12.8 Å². The summed E-state index contributed by atoms with van der Waals surface area (Å²) in [6.07, 6.45) is 32.7. The van der Waals surface area contributed by atoms with Gasteiger partial charge in [-0.1, -0.05) is 116 Å². The molecule has 0 saturated heterocycles. The van der Waals surface area contributed by atoms with E-state index in [1.54, 1.807) is 0 Å². The number of carboxylic acid groups (broad SMARTS) is 1. The molecule has 0 aromatic rings. The second kappa shape index (κ2) is 28.3. The number of carbonyl (C=O) groups is 2. The molecule has 0 amide bonds. The first kappa shape index (κ1) is 34.7. The molecule has 0 bridgehead atoms. The SMILES string of the molecule is CCCCCCCCC/C=C\CCCCCCCCCC(=O)OC(CCCC)CCCCCC(=O)O. The number of unbranched alkanes of at least 4 members (excludes halogenated alkanes) is 17. The Hall–Kier alpha value is -1.32. The van der Waals surface area contributed by atoms with E-state index in [9.17, 15) is 9.59 Å². The Labute approximate surface area is 224 Å². The van der Waals surface area contributed by atoms with Crippen LogP contribution in [0.5, 0.6) is 0 Å². The predicted molar refractivity (Wildman–Crippen MR) is 153 cm³/mol. The van der Waals surface area contributed by atoms with Crippen molar-refractivity contribution in [3.63, 3.8) is 0 Å². The van der Waals surface area contributed by atoms with Crippen LogP contribution >= 0.6 is 0 Å². The van der Waals surface area contributed by atoms with Crippen molar-refractivity contribution in [2.75, 3.05) is 0 Å². The summed E-state index contributed by atoms with van der Waals surface area (Å²) in [4.78, 5) is 22.9. The lowest BCUT2D eigenvalue weighted by Crippen LogP contribution is -2.18. The van der Waals surface area contributed by atoms with Crippen molar-refractivity contribution >= 4 is 11.9 Å². The van der Waals surface area contributed by atoms with Crippen LogP contribution in [0, 0.1) is 0 Å². The van der Waals surface area contributed by atoms with Crippen LogP contribution in [0.4, 0.5) is 0 Å². The predicted octanol–water partition coefficient (Wildman–Crippen LogP) is 10.3. The Morgan fingerprint density at radius 3 is 1.58 bits per heavy atom. The van der Waals surface area contributed by atoms with E-state index in [1.807, 2.05) is 0 Å². The van der Waals surface area contributed by atoms with E-state index in [2.05, 4.69) is 26.0 Å². The van der Waals surface area contributed by atoms with E-state index in [0.29, 0.717) is 12.8 Å². The zero-order valence-corrected chi connectivity index (χ0v) is 24.1. The highest BCUT2D eigenvalue weighted by Crippen LogP contribution is 2.17. The molecule has 36 heavy (non-hydrogen) atoms. The Bertz CT molecular complexity index is 514. The van der Waals surface area contributed by atoms with E-state index < -0.39 is 5.97 Å². The molecular formula is C32H60O4. The Kier molecular flexibility index (Phi) is 27.2. The quantitative estimate of drug-likeness (QED) is 0.0648. The van der Waals surface area contributed by atoms with E-state index in [-0.39, 0.29) is 18.5 Å². The summed E-state index contributed by atoms with van der Waals surface area (Å²) >= 11 is 0. The van der Waals surface area contributed by atoms with Crippen molar-refractivity contribution in [1.82, 2.24) is 0 Å². The van der Waals surface area contributed by atoms with Crippen molar-refractivity contribution in [3.05, 3.63) is 12.2 Å². The molecule has 0 aliphatic heterocycles. The molecule has 0 fully saturated rings. The first-order valence-electron chi connectivity index (χ1n) is 15.7. The number of hydrogen-bond donors (Lipinski definition) is 1. The van der Waals surface area contributed by atoms with Crippen molar-refractivity contribution in [1.29, 1.82) is 0 Å². The average Bonchev–Trinajstić information content (AvgIpc) is 2.86. The lowest BCUT2D eigenvalue weighted by Gasteiger charge is -2.17. The molecule has 0 saturated carbocycles. The lowest BCUT2D eigenvalue weighted by molar-refractivity contribution is -0.150. The minimum Gasteiger partial charge on any atom is -0.481 e. The number of aliphatic carboxylic acids is 1. The van der Waals surface area contributed by atoms with Gasteiger partial charge in [-0.05, 0) is 57.8 Å². The molecule has 0 aliphatic rings. The van der Waals surface area contributed by atoms with Crippen LogP contribution < -0.4 is 0 Å². The summed E-state index contributed by atoms with van der Waals surface area (Å²) in [6.45, 7) is 4.43. The van der Waals surface area contributed by atoms with Crippen LogP contribution in [-0.2, 0) is 14.3 Å². The molecule has 0 aliphatic carbocycles. The van der Waals surface area contributed by atoms with Gasteiger partial charge < -0.3 is 9.84 Å². The largest absolute Gasteiger partial charge is 0.481 e. The van der Waals surface area contributed by atoms with Gasteiger partial charge >= 0.3 is 11.9 Å². The lowest BCUT2D eigenvalue weighted by atomic mass is 10.0. The molecular weight excluding hydrogens is 448 g/mol. The Morgan fingerprint density at radius 1 is 0.583 bits per heavy atom. The van der Waals surface area contributed by atoms with Crippen LogP contribution in [0.15, 0.2) is 12.2 Å². The number of hydrogen-bond acceptors (Lipinski definition) is 3. The number of allylic oxidation sites excluding steroid dienone is 2. The summed E-state index contributed by atoms with van der Waals surface area (Å²) in [7, 11) is 0. The number of rotatable bonds is 28. The van der Waals surface area contributed by atoms with Gasteiger partial charge in [-0.15, -0.1) is 0 Å². The van der Waals surface area contributed by atoms with E-state index >= 15 is 0 Å². The van der Waals surface area contributed by atoms with E-state index in [1.165, 1.54) is 89.9 Å². The van der Waals surface area contributed by atoms with Crippen LogP contribution in [0.25, 0.3) is 0 Å². The van der Waals surface area contributed by atoms with Gasteiger partial charge in [0.2, 0.25) is 0 Å². The number of ether oxygens (including phenoxy) is 1. The molecule has 0 spiro atoms. The third-order valence-corrected chi connectivity index (χ3v) is 6.99. The second-order valence-electron chi connectivity index (χ2n) is 10.6. The maximum absolute atomic E-state index is 12.3. The Morgan fingerprint density at radius 2 is 1.03 bits per heavy atom. The summed E-state index contributed by atoms with van der Waals surface area (Å²) in [5.74, 6) is -0.782. The fourth-order valence-corrected chi connectivity index (χ4v) is 4.63. The smallest absolute Gasteiger partial charge is 0.306 e. The van der Waals surface area contributed by atoms with Gasteiger partial charge in [0.25, 0.3) is 0 Å². The third-order valence-electron chi connectivity index (χ3n) is 6.99. The molecule has 212 valence electrons. The van der Waals surface area contributed by atoms with Gasteiger partial charge in [-0.2, -0.15) is 0 Å². The van der Waals surface area contributed by atoms with Crippen LogP contribution in [-0.4, -0.2) is 23.1 Å². The first-order valence-corrected chi connectivity index (χ1v) is 15.7. The molecule has 0 rings (SSSR count). The minimum absolute atomic E-state index is 0.00637. The van der Waals surface area contributed by atoms with Crippen molar-refractivity contribution in [2.24, 2.45) is 0 Å². The summed E-state index contributed by atoms with van der Waals surface area (Å²) < 4.78 is 5.75. The average molecular weight is 509 g/mol. The highest BCUT2D eigenvalue weighted by atomic mass is 16.5. The minimum atomic E-state index is -0.731.